The fourth-order valence-corrected chi connectivity index (χ4v) is 3.83. The van der Waals surface area contributed by atoms with Crippen molar-refractivity contribution >= 4 is 29.3 Å². The number of nitrogens with zero attached hydrogens (tertiary/aromatic N) is 1. The van der Waals surface area contributed by atoms with E-state index in [0.29, 0.717) is 17.7 Å². The number of amides is 4. The molecule has 8 nitrogen and oxygen atoms in total. The average Bonchev–Trinajstić information content (AvgIpc) is 2.98. The molecule has 4 rings (SSSR count). The molecule has 0 spiro atoms. The Balaban J connectivity index is 1.55. The Kier molecular flexibility index (Phi) is 5.09. The first-order valence-electron chi connectivity index (χ1n) is 9.79. The lowest BCUT2D eigenvalue weighted by Gasteiger charge is -2.27. The summed E-state index contributed by atoms with van der Waals surface area (Å²) in [6.45, 7) is 2.25. The summed E-state index contributed by atoms with van der Waals surface area (Å²) >= 11 is 0. The summed E-state index contributed by atoms with van der Waals surface area (Å²) in [5.74, 6) is -2.02. The van der Waals surface area contributed by atoms with Gasteiger partial charge >= 0.3 is 0 Å². The molecule has 2 aromatic rings. The van der Waals surface area contributed by atoms with Crippen molar-refractivity contribution in [3.05, 3.63) is 64.7 Å². The van der Waals surface area contributed by atoms with Gasteiger partial charge in [0.15, 0.2) is 0 Å². The molecule has 0 bridgehead atoms. The molecular formula is C22H22N4O4. The number of hydrogen-bond acceptors (Lipinski definition) is 6. The molecule has 30 heavy (non-hydrogen) atoms. The van der Waals surface area contributed by atoms with Crippen molar-refractivity contribution in [3.63, 3.8) is 0 Å². The van der Waals surface area contributed by atoms with Gasteiger partial charge in [-0.1, -0.05) is 24.3 Å². The molecule has 154 valence electrons. The van der Waals surface area contributed by atoms with Crippen molar-refractivity contribution in [2.24, 2.45) is 5.73 Å². The molecule has 1 fully saturated rings. The van der Waals surface area contributed by atoms with Gasteiger partial charge in [-0.3, -0.25) is 29.4 Å². The first-order chi connectivity index (χ1) is 14.4. The molecule has 4 N–H and O–H groups in total. The second-order valence-electron chi connectivity index (χ2n) is 7.55. The van der Waals surface area contributed by atoms with Crippen LogP contribution < -0.4 is 16.4 Å². The number of anilines is 1. The first kappa shape index (κ1) is 19.8. The number of carbonyl (C=O) groups is 4. The predicted molar refractivity (Wildman–Crippen MR) is 109 cm³/mol. The number of imide groups is 2. The lowest BCUT2D eigenvalue weighted by atomic mass is 10.0. The van der Waals surface area contributed by atoms with E-state index in [-0.39, 0.29) is 24.4 Å². The number of nitrogens with two attached hydrogens (primary N) is 1. The van der Waals surface area contributed by atoms with E-state index in [9.17, 15) is 19.2 Å². The van der Waals surface area contributed by atoms with E-state index in [4.69, 9.17) is 5.73 Å². The Morgan fingerprint density at radius 2 is 1.83 bits per heavy atom. The molecule has 2 aliphatic rings. The van der Waals surface area contributed by atoms with E-state index >= 15 is 0 Å². The van der Waals surface area contributed by atoms with Crippen LogP contribution in [0.3, 0.4) is 0 Å². The second-order valence-corrected chi connectivity index (χ2v) is 7.55. The van der Waals surface area contributed by atoms with Gasteiger partial charge in [0.25, 0.3) is 11.8 Å². The lowest BCUT2D eigenvalue weighted by molar-refractivity contribution is -0.136. The van der Waals surface area contributed by atoms with Gasteiger partial charge in [-0.05, 0) is 42.7 Å². The number of benzene rings is 2. The van der Waals surface area contributed by atoms with Crippen molar-refractivity contribution in [1.29, 1.82) is 0 Å². The average molecular weight is 406 g/mol. The third-order valence-electron chi connectivity index (χ3n) is 5.47. The minimum atomic E-state index is -0.971. The van der Waals surface area contributed by atoms with E-state index in [2.05, 4.69) is 10.6 Å². The molecule has 0 aliphatic carbocycles. The Hall–Kier alpha value is -3.52. The summed E-state index contributed by atoms with van der Waals surface area (Å²) in [7, 11) is 0. The minimum Gasteiger partial charge on any atom is -0.381 e. The quantitative estimate of drug-likeness (QED) is 0.650. The third kappa shape index (κ3) is 3.46. The molecule has 0 radical (unpaired) electrons. The smallest absolute Gasteiger partial charge is 0.262 e. The van der Waals surface area contributed by atoms with E-state index in [1.807, 2.05) is 31.2 Å². The highest BCUT2D eigenvalue weighted by atomic mass is 16.2. The number of piperidine rings is 1. The molecule has 2 heterocycles. The van der Waals surface area contributed by atoms with Crippen LogP contribution in [-0.2, 0) is 16.1 Å². The van der Waals surface area contributed by atoms with Gasteiger partial charge in [-0.2, -0.15) is 0 Å². The van der Waals surface area contributed by atoms with Crippen LogP contribution >= 0.6 is 0 Å². The van der Waals surface area contributed by atoms with E-state index < -0.39 is 29.7 Å². The van der Waals surface area contributed by atoms with Crippen LogP contribution in [0.15, 0.2) is 42.5 Å². The molecule has 2 aliphatic heterocycles. The van der Waals surface area contributed by atoms with Crippen LogP contribution in [0.4, 0.5) is 5.69 Å². The summed E-state index contributed by atoms with van der Waals surface area (Å²) in [5.41, 5.74) is 8.98. The van der Waals surface area contributed by atoms with Crippen LogP contribution in [0.25, 0.3) is 0 Å². The Morgan fingerprint density at radius 1 is 1.10 bits per heavy atom. The topological polar surface area (TPSA) is 122 Å². The van der Waals surface area contributed by atoms with Crippen molar-refractivity contribution in [3.8, 4) is 0 Å². The maximum absolute atomic E-state index is 13.1. The molecule has 8 heteroatoms. The van der Waals surface area contributed by atoms with Gasteiger partial charge in [-0.25, -0.2) is 0 Å². The van der Waals surface area contributed by atoms with Crippen LogP contribution in [0.1, 0.15) is 57.7 Å². The fourth-order valence-electron chi connectivity index (χ4n) is 3.83. The molecule has 2 aromatic carbocycles. The standard InChI is InChI=1S/C22H22N4O4/c1-12(23)13-5-7-15(8-6-13)24-11-14-3-2-4-16-19(14)22(30)26(21(16)29)17-9-10-18(27)25-20(17)28/h2-8,12,17,24H,9-11,23H2,1H3,(H,25,27,28)/t12-,17?/m1/s1. The zero-order valence-electron chi connectivity index (χ0n) is 16.5. The molecule has 1 saturated heterocycles. The van der Waals surface area contributed by atoms with Crippen molar-refractivity contribution in [1.82, 2.24) is 10.2 Å². The lowest BCUT2D eigenvalue weighted by Crippen LogP contribution is -2.54. The number of hydrogen-bond donors (Lipinski definition) is 3. The molecule has 0 saturated carbocycles. The zero-order valence-corrected chi connectivity index (χ0v) is 16.5. The SMILES string of the molecule is C[C@@H](N)c1ccc(NCc2cccc3c2C(=O)N(C2CCC(=O)NC2=O)C3=O)cc1. The van der Waals surface area contributed by atoms with Crippen LogP contribution in [0.2, 0.25) is 0 Å². The summed E-state index contributed by atoms with van der Waals surface area (Å²) < 4.78 is 0. The van der Waals surface area contributed by atoms with E-state index in [0.717, 1.165) is 16.2 Å². The van der Waals surface area contributed by atoms with Crippen LogP contribution in [0, 0.1) is 0 Å². The molecule has 1 unspecified atom stereocenters. The summed E-state index contributed by atoms with van der Waals surface area (Å²) in [6, 6.07) is 11.7. The Morgan fingerprint density at radius 3 is 2.50 bits per heavy atom. The van der Waals surface area contributed by atoms with Crippen LogP contribution in [-0.4, -0.2) is 34.6 Å². The normalized spacial score (nSPS) is 19.5. The minimum absolute atomic E-state index is 0.0571. The van der Waals surface area contributed by atoms with Crippen LogP contribution in [0.5, 0.6) is 0 Å². The second kappa shape index (κ2) is 7.72. The zero-order chi connectivity index (χ0) is 21.4. The number of rotatable bonds is 5. The van der Waals surface area contributed by atoms with Gasteiger partial charge in [-0.15, -0.1) is 0 Å². The molecule has 2 atom stereocenters. The first-order valence-corrected chi connectivity index (χ1v) is 9.79. The van der Waals surface area contributed by atoms with Gasteiger partial charge in [0, 0.05) is 24.7 Å². The van der Waals surface area contributed by atoms with Gasteiger partial charge < -0.3 is 11.1 Å². The predicted octanol–water partition coefficient (Wildman–Crippen LogP) is 1.72. The van der Waals surface area contributed by atoms with Gasteiger partial charge in [0.2, 0.25) is 11.8 Å². The number of carbonyl (C=O) groups excluding carboxylic acids is 4. The summed E-state index contributed by atoms with van der Waals surface area (Å²) in [5, 5.41) is 5.46. The van der Waals surface area contributed by atoms with Crippen molar-refractivity contribution in [2.45, 2.75) is 38.4 Å². The summed E-state index contributed by atoms with van der Waals surface area (Å²) in [6.07, 6.45) is 0.227. The highest BCUT2D eigenvalue weighted by Crippen LogP contribution is 2.30. The van der Waals surface area contributed by atoms with Crippen molar-refractivity contribution < 1.29 is 19.2 Å². The van der Waals surface area contributed by atoms with Gasteiger partial charge in [0.05, 0.1) is 11.1 Å². The highest BCUT2D eigenvalue weighted by Gasteiger charge is 2.45. The largest absolute Gasteiger partial charge is 0.381 e. The van der Waals surface area contributed by atoms with E-state index in [1.54, 1.807) is 18.2 Å². The summed E-state index contributed by atoms with van der Waals surface area (Å²) in [4.78, 5) is 50.5. The Bertz CT molecular complexity index is 1050. The number of fused-ring (bicyclic) bond motifs is 1. The van der Waals surface area contributed by atoms with Gasteiger partial charge in [0.1, 0.15) is 6.04 Å². The molecular weight excluding hydrogens is 384 g/mol. The van der Waals surface area contributed by atoms with Crippen molar-refractivity contribution in [2.75, 3.05) is 5.32 Å². The van der Waals surface area contributed by atoms with E-state index in [1.165, 1.54) is 0 Å². The monoisotopic (exact) mass is 406 g/mol. The number of nitrogens with one attached hydrogen (secondary N) is 2. The maximum Gasteiger partial charge on any atom is 0.262 e. The molecule has 4 amide bonds. The highest BCUT2D eigenvalue weighted by molar-refractivity contribution is 6.24. The fraction of sp³-hybridized carbons (Fsp3) is 0.273. The molecule has 0 aromatic heterocycles. The third-order valence-corrected chi connectivity index (χ3v) is 5.47. The Labute approximate surface area is 173 Å². The maximum atomic E-state index is 13.1.